The maximum atomic E-state index is 5.84. The normalized spacial score (nSPS) is 38.1. The first-order valence-corrected chi connectivity index (χ1v) is 5.99. The van der Waals surface area contributed by atoms with Crippen LogP contribution in [0.15, 0.2) is 0 Å². The van der Waals surface area contributed by atoms with Gasteiger partial charge in [0, 0.05) is 12.1 Å². The van der Waals surface area contributed by atoms with E-state index in [2.05, 4.69) is 25.7 Å². The first-order chi connectivity index (χ1) is 6.62. The molecule has 2 aliphatic rings. The highest BCUT2D eigenvalue weighted by molar-refractivity contribution is 5.02. The number of ether oxygens (including phenoxy) is 1. The highest BCUT2D eigenvalue weighted by Crippen LogP contribution is 2.41. The fourth-order valence-electron chi connectivity index (χ4n) is 3.14. The van der Waals surface area contributed by atoms with Crippen LogP contribution < -0.4 is 0 Å². The number of hydrogen-bond donors (Lipinski definition) is 0. The molecule has 1 unspecified atom stereocenters. The maximum absolute atomic E-state index is 5.84. The molecule has 0 aliphatic carbocycles. The van der Waals surface area contributed by atoms with Gasteiger partial charge in [0.1, 0.15) is 0 Å². The Hall–Kier alpha value is -0.0800. The van der Waals surface area contributed by atoms with E-state index in [1.165, 1.54) is 32.4 Å². The Balaban J connectivity index is 1.98. The number of fused-ring (bicyclic) bond motifs is 1. The monoisotopic (exact) mass is 197 g/mol. The molecule has 0 aromatic heterocycles. The minimum absolute atomic E-state index is 0.378. The molecule has 82 valence electrons. The van der Waals surface area contributed by atoms with E-state index in [0.717, 1.165) is 12.5 Å². The second-order valence-corrected chi connectivity index (χ2v) is 5.44. The number of rotatable bonds is 3. The zero-order valence-electron chi connectivity index (χ0n) is 9.75. The van der Waals surface area contributed by atoms with Crippen molar-refractivity contribution in [2.45, 2.75) is 51.7 Å². The average Bonchev–Trinajstić information content (AvgIpc) is 2.56. The first kappa shape index (κ1) is 10.4. The lowest BCUT2D eigenvalue weighted by Crippen LogP contribution is -2.43. The molecule has 2 fully saturated rings. The molecule has 0 N–H and O–H groups in total. The summed E-state index contributed by atoms with van der Waals surface area (Å²) in [6.07, 6.45) is 4.44. The molecule has 0 bridgehead atoms. The summed E-state index contributed by atoms with van der Waals surface area (Å²) in [4.78, 5) is 2.67. The van der Waals surface area contributed by atoms with Gasteiger partial charge in [-0.15, -0.1) is 0 Å². The second kappa shape index (κ2) is 3.82. The zero-order valence-corrected chi connectivity index (χ0v) is 9.75. The molecule has 2 saturated heterocycles. The first-order valence-electron chi connectivity index (χ1n) is 5.99. The lowest BCUT2D eigenvalue weighted by molar-refractivity contribution is 0.00292. The standard InChI is InChI=1S/C12H23NO/c1-10(2)14-9-12-5-4-6-13(12)8-11(3)7-12/h10-11H,4-9H2,1-3H3/t11-,12?/m0/s1. The fourth-order valence-corrected chi connectivity index (χ4v) is 3.14. The van der Waals surface area contributed by atoms with Crippen molar-refractivity contribution in [2.24, 2.45) is 5.92 Å². The van der Waals surface area contributed by atoms with Crippen LogP contribution in [0.2, 0.25) is 0 Å². The van der Waals surface area contributed by atoms with Crippen LogP contribution in [0.5, 0.6) is 0 Å². The Kier molecular flexibility index (Phi) is 2.85. The van der Waals surface area contributed by atoms with E-state index in [1.807, 2.05) is 0 Å². The van der Waals surface area contributed by atoms with Crippen LogP contribution in [0.1, 0.15) is 40.0 Å². The number of hydrogen-bond acceptors (Lipinski definition) is 2. The summed E-state index contributed by atoms with van der Waals surface area (Å²) in [6.45, 7) is 10.2. The van der Waals surface area contributed by atoms with Crippen LogP contribution >= 0.6 is 0 Å². The molecule has 0 saturated carbocycles. The van der Waals surface area contributed by atoms with Crippen LogP contribution in [0.3, 0.4) is 0 Å². The molecule has 2 aliphatic heterocycles. The summed E-state index contributed by atoms with van der Waals surface area (Å²) < 4.78 is 5.84. The summed E-state index contributed by atoms with van der Waals surface area (Å²) >= 11 is 0. The third kappa shape index (κ3) is 1.82. The third-order valence-electron chi connectivity index (χ3n) is 3.69. The largest absolute Gasteiger partial charge is 0.377 e. The molecule has 0 aromatic rings. The van der Waals surface area contributed by atoms with E-state index >= 15 is 0 Å². The van der Waals surface area contributed by atoms with E-state index in [-0.39, 0.29) is 0 Å². The van der Waals surface area contributed by atoms with Gasteiger partial charge in [-0.3, -0.25) is 4.90 Å². The minimum atomic E-state index is 0.378. The van der Waals surface area contributed by atoms with E-state index in [9.17, 15) is 0 Å². The predicted octanol–water partition coefficient (Wildman–Crippen LogP) is 2.29. The molecule has 0 amide bonds. The summed E-state index contributed by atoms with van der Waals surface area (Å²) in [6, 6.07) is 0. The van der Waals surface area contributed by atoms with Crippen molar-refractivity contribution in [2.75, 3.05) is 19.7 Å². The summed E-state index contributed by atoms with van der Waals surface area (Å²) in [5, 5.41) is 0. The van der Waals surface area contributed by atoms with Gasteiger partial charge >= 0.3 is 0 Å². The molecule has 2 atom stereocenters. The van der Waals surface area contributed by atoms with Crippen molar-refractivity contribution < 1.29 is 4.74 Å². The fraction of sp³-hybridized carbons (Fsp3) is 1.00. The molecule has 2 nitrogen and oxygen atoms in total. The van der Waals surface area contributed by atoms with Crippen LogP contribution in [0.4, 0.5) is 0 Å². The van der Waals surface area contributed by atoms with Gasteiger partial charge in [-0.1, -0.05) is 6.92 Å². The van der Waals surface area contributed by atoms with E-state index in [1.54, 1.807) is 0 Å². The van der Waals surface area contributed by atoms with Gasteiger partial charge in [-0.25, -0.2) is 0 Å². The van der Waals surface area contributed by atoms with Crippen LogP contribution in [0.25, 0.3) is 0 Å². The molecule has 0 radical (unpaired) electrons. The van der Waals surface area contributed by atoms with Crippen LogP contribution in [-0.2, 0) is 4.74 Å². The van der Waals surface area contributed by atoms with Gasteiger partial charge in [-0.2, -0.15) is 0 Å². The highest BCUT2D eigenvalue weighted by Gasteiger charge is 2.47. The average molecular weight is 197 g/mol. The highest BCUT2D eigenvalue weighted by atomic mass is 16.5. The molecule has 0 aromatic carbocycles. The van der Waals surface area contributed by atoms with Gasteiger partial charge in [0.05, 0.1) is 12.7 Å². The Morgan fingerprint density at radius 2 is 2.29 bits per heavy atom. The lowest BCUT2D eigenvalue weighted by atomic mass is 9.91. The van der Waals surface area contributed by atoms with Crippen molar-refractivity contribution in [1.29, 1.82) is 0 Å². The Bertz CT molecular complexity index is 204. The Labute approximate surface area is 87.6 Å². The second-order valence-electron chi connectivity index (χ2n) is 5.44. The van der Waals surface area contributed by atoms with Crippen molar-refractivity contribution in [3.05, 3.63) is 0 Å². The van der Waals surface area contributed by atoms with Crippen LogP contribution in [-0.4, -0.2) is 36.2 Å². The Morgan fingerprint density at radius 1 is 1.50 bits per heavy atom. The van der Waals surface area contributed by atoms with Gasteiger partial charge in [0.2, 0.25) is 0 Å². The Morgan fingerprint density at radius 3 is 3.00 bits per heavy atom. The topological polar surface area (TPSA) is 12.5 Å². The van der Waals surface area contributed by atoms with Crippen molar-refractivity contribution in [1.82, 2.24) is 4.90 Å². The molecular formula is C12H23NO. The van der Waals surface area contributed by atoms with Crippen LogP contribution in [0, 0.1) is 5.92 Å². The van der Waals surface area contributed by atoms with Gasteiger partial charge in [0.15, 0.2) is 0 Å². The summed E-state index contributed by atoms with van der Waals surface area (Å²) in [5.41, 5.74) is 0.420. The lowest BCUT2D eigenvalue weighted by Gasteiger charge is -2.32. The van der Waals surface area contributed by atoms with E-state index in [4.69, 9.17) is 4.74 Å². The van der Waals surface area contributed by atoms with E-state index < -0.39 is 0 Å². The predicted molar refractivity (Wildman–Crippen MR) is 58.4 cm³/mol. The maximum Gasteiger partial charge on any atom is 0.0654 e. The quantitative estimate of drug-likeness (QED) is 0.688. The van der Waals surface area contributed by atoms with Crippen molar-refractivity contribution >= 4 is 0 Å². The summed E-state index contributed by atoms with van der Waals surface area (Å²) in [7, 11) is 0. The molecule has 0 spiro atoms. The SMILES string of the molecule is CC(C)OCC12CCCN1C[C@@H](C)C2. The summed E-state index contributed by atoms with van der Waals surface area (Å²) in [5.74, 6) is 0.867. The molecule has 2 heterocycles. The number of nitrogens with zero attached hydrogens (tertiary/aromatic N) is 1. The third-order valence-corrected chi connectivity index (χ3v) is 3.69. The van der Waals surface area contributed by atoms with Gasteiger partial charge < -0.3 is 4.74 Å². The smallest absolute Gasteiger partial charge is 0.0654 e. The molecule has 14 heavy (non-hydrogen) atoms. The van der Waals surface area contributed by atoms with Gasteiger partial charge in [-0.05, 0) is 45.6 Å². The molecule has 2 heteroatoms. The minimum Gasteiger partial charge on any atom is -0.377 e. The zero-order chi connectivity index (χ0) is 10.2. The molecule has 2 rings (SSSR count). The van der Waals surface area contributed by atoms with Crippen molar-refractivity contribution in [3.8, 4) is 0 Å². The van der Waals surface area contributed by atoms with E-state index in [0.29, 0.717) is 11.6 Å². The van der Waals surface area contributed by atoms with Crippen molar-refractivity contribution in [3.63, 3.8) is 0 Å². The van der Waals surface area contributed by atoms with Gasteiger partial charge in [0.25, 0.3) is 0 Å². The molecular weight excluding hydrogens is 174 g/mol.